The van der Waals surface area contributed by atoms with Gasteiger partial charge in [-0.15, -0.1) is 11.6 Å². The number of benzene rings is 3. The number of hydrogen-bond acceptors (Lipinski definition) is 1. The molecule has 0 atom stereocenters. The molecule has 0 aromatic heterocycles. The molecule has 1 aliphatic rings. The van der Waals surface area contributed by atoms with Crippen molar-refractivity contribution in [2.45, 2.75) is 37.3 Å². The van der Waals surface area contributed by atoms with Crippen LogP contribution in [0, 0.1) is 0 Å². The molecule has 0 N–H and O–H groups in total. The topological polar surface area (TPSA) is 0 Å². The van der Waals surface area contributed by atoms with Gasteiger partial charge in [-0.3, -0.25) is 0 Å². The molecule has 0 saturated heterocycles. The molecule has 29 heavy (non-hydrogen) atoms. The summed E-state index contributed by atoms with van der Waals surface area (Å²) in [5.41, 5.74) is 1.37. The van der Waals surface area contributed by atoms with Crippen LogP contribution in [-0.4, -0.2) is 13.1 Å². The Morgan fingerprint density at radius 1 is 0.759 bits per heavy atom. The second kappa shape index (κ2) is 9.96. The van der Waals surface area contributed by atoms with Crippen LogP contribution in [-0.2, 0) is 17.3 Å². The molecule has 4 rings (SSSR count). The first kappa shape index (κ1) is 22.1. The number of rotatable bonds is 4. The summed E-state index contributed by atoms with van der Waals surface area (Å²) in [5.74, 6) is 0.726. The summed E-state index contributed by atoms with van der Waals surface area (Å²) < 4.78 is 39.0. The Bertz CT molecular complexity index is 896. The maximum absolute atomic E-state index is 9.75. The van der Waals surface area contributed by atoms with Crippen LogP contribution in [0.1, 0.15) is 12.0 Å². The minimum atomic E-state index is -6.00. The van der Waals surface area contributed by atoms with Crippen LogP contribution in [0.15, 0.2) is 97.3 Å². The van der Waals surface area contributed by atoms with Gasteiger partial charge < -0.3 is 17.3 Å². The molecule has 0 fully saturated rings. The van der Waals surface area contributed by atoms with Gasteiger partial charge in [-0.05, 0) is 54.8 Å². The number of fused-ring (bicyclic) bond motifs is 2. The van der Waals surface area contributed by atoms with E-state index in [1.165, 1.54) is 30.0 Å². The summed E-state index contributed by atoms with van der Waals surface area (Å²) in [6.45, 7) is 0. The highest BCUT2D eigenvalue weighted by atomic mass is 35.5. The predicted octanol–water partition coefficient (Wildman–Crippen LogP) is 7.72. The molecular formula is C21H18BClF4S2. The molecule has 1 aliphatic heterocycles. The molecule has 1 heterocycles. The van der Waals surface area contributed by atoms with E-state index in [4.69, 9.17) is 11.6 Å². The van der Waals surface area contributed by atoms with E-state index in [2.05, 4.69) is 72.8 Å². The minimum absolute atomic E-state index is 0.0188. The Hall–Kier alpha value is -1.57. The van der Waals surface area contributed by atoms with E-state index in [0.717, 1.165) is 18.7 Å². The highest BCUT2D eigenvalue weighted by Crippen LogP contribution is 2.47. The first-order valence-electron chi connectivity index (χ1n) is 8.99. The zero-order chi connectivity index (χ0) is 20.9. The van der Waals surface area contributed by atoms with Crippen LogP contribution in [0.3, 0.4) is 0 Å². The normalized spacial score (nSPS) is 13.1. The Morgan fingerprint density at radius 2 is 1.24 bits per heavy atom. The zero-order valence-corrected chi connectivity index (χ0v) is 17.7. The summed E-state index contributed by atoms with van der Waals surface area (Å²) in [7, 11) is -6.02. The third-order valence-electron chi connectivity index (χ3n) is 4.12. The lowest BCUT2D eigenvalue weighted by atomic mass is 10.1. The second-order valence-electron chi connectivity index (χ2n) is 6.23. The highest BCUT2D eigenvalue weighted by molar-refractivity contribution is 8.04. The van der Waals surface area contributed by atoms with Crippen molar-refractivity contribution in [3.8, 4) is 0 Å². The van der Waals surface area contributed by atoms with Crippen LogP contribution >= 0.6 is 23.4 Å². The molecule has 0 spiro atoms. The SMILES string of the molecule is ClCCCc1ccc([S+]2c3ccccc3Sc3ccccc32)cc1.F[B-](F)(F)F. The molecular weight excluding hydrogens is 439 g/mol. The van der Waals surface area contributed by atoms with E-state index in [1.54, 1.807) is 0 Å². The van der Waals surface area contributed by atoms with Crippen molar-refractivity contribution in [3.05, 3.63) is 78.4 Å². The van der Waals surface area contributed by atoms with Crippen molar-refractivity contribution in [3.63, 3.8) is 0 Å². The lowest BCUT2D eigenvalue weighted by Gasteiger charge is -2.18. The zero-order valence-electron chi connectivity index (χ0n) is 15.3. The maximum Gasteiger partial charge on any atom is 0.673 e. The molecule has 0 amide bonds. The van der Waals surface area contributed by atoms with E-state index < -0.39 is 7.25 Å². The van der Waals surface area contributed by atoms with E-state index in [9.17, 15) is 17.3 Å². The smallest absolute Gasteiger partial charge is 0.418 e. The van der Waals surface area contributed by atoms with Gasteiger partial charge in [0, 0.05) is 5.88 Å². The average Bonchev–Trinajstić information content (AvgIpc) is 2.70. The monoisotopic (exact) mass is 456 g/mol. The molecule has 8 heteroatoms. The Labute approximate surface area is 180 Å². The van der Waals surface area contributed by atoms with Crippen LogP contribution < -0.4 is 0 Å². The van der Waals surface area contributed by atoms with E-state index in [0.29, 0.717) is 0 Å². The van der Waals surface area contributed by atoms with Crippen molar-refractivity contribution in [2.24, 2.45) is 0 Å². The third-order valence-corrected chi connectivity index (χ3v) is 8.13. The van der Waals surface area contributed by atoms with Crippen LogP contribution in [0.2, 0.25) is 0 Å². The fourth-order valence-electron chi connectivity index (χ4n) is 2.96. The van der Waals surface area contributed by atoms with Gasteiger partial charge in [0.1, 0.15) is 10.9 Å². The molecule has 0 saturated carbocycles. The first-order chi connectivity index (χ1) is 13.9. The van der Waals surface area contributed by atoms with Gasteiger partial charge in [-0.25, -0.2) is 0 Å². The molecule has 0 aliphatic carbocycles. The van der Waals surface area contributed by atoms with Gasteiger partial charge in [-0.1, -0.05) is 48.2 Å². The van der Waals surface area contributed by atoms with E-state index in [1.807, 2.05) is 11.8 Å². The molecule has 0 radical (unpaired) electrons. The van der Waals surface area contributed by atoms with Crippen molar-refractivity contribution >= 4 is 41.5 Å². The fourth-order valence-corrected chi connectivity index (χ4v) is 6.83. The fraction of sp³-hybridized carbons (Fsp3) is 0.143. The van der Waals surface area contributed by atoms with Crippen LogP contribution in [0.5, 0.6) is 0 Å². The lowest BCUT2D eigenvalue weighted by molar-refractivity contribution is 0.368. The highest BCUT2D eigenvalue weighted by Gasteiger charge is 2.37. The van der Waals surface area contributed by atoms with Gasteiger partial charge in [-0.2, -0.15) is 0 Å². The minimum Gasteiger partial charge on any atom is -0.418 e. The van der Waals surface area contributed by atoms with Gasteiger partial charge >= 0.3 is 7.25 Å². The Kier molecular flexibility index (Phi) is 7.60. The van der Waals surface area contributed by atoms with Crippen molar-refractivity contribution in [1.29, 1.82) is 0 Å². The van der Waals surface area contributed by atoms with Gasteiger partial charge in [0.05, 0.1) is 9.79 Å². The number of alkyl halides is 1. The molecule has 0 bridgehead atoms. The van der Waals surface area contributed by atoms with Gasteiger partial charge in [0.15, 0.2) is 14.7 Å². The third kappa shape index (κ3) is 6.20. The molecule has 0 unspecified atom stereocenters. The molecule has 3 aromatic rings. The number of hydrogen-bond donors (Lipinski definition) is 0. The summed E-state index contributed by atoms with van der Waals surface area (Å²) in [5, 5.41) is 0. The van der Waals surface area contributed by atoms with Gasteiger partial charge in [0.25, 0.3) is 0 Å². The van der Waals surface area contributed by atoms with Crippen molar-refractivity contribution < 1.29 is 17.3 Å². The quantitative estimate of drug-likeness (QED) is 0.131. The van der Waals surface area contributed by atoms with Crippen LogP contribution in [0.25, 0.3) is 0 Å². The summed E-state index contributed by atoms with van der Waals surface area (Å²) in [6, 6.07) is 26.8. The summed E-state index contributed by atoms with van der Waals surface area (Å²) in [4.78, 5) is 7.03. The average molecular weight is 457 g/mol. The van der Waals surface area contributed by atoms with Crippen molar-refractivity contribution in [1.82, 2.24) is 0 Å². The molecule has 152 valence electrons. The summed E-state index contributed by atoms with van der Waals surface area (Å²) in [6.07, 6.45) is 2.09. The van der Waals surface area contributed by atoms with Crippen LogP contribution in [0.4, 0.5) is 17.3 Å². The number of halogens is 5. The Balaban J connectivity index is 0.000000431. The Morgan fingerprint density at radius 3 is 1.72 bits per heavy atom. The molecule has 3 aromatic carbocycles. The lowest BCUT2D eigenvalue weighted by Crippen LogP contribution is -2.10. The van der Waals surface area contributed by atoms with E-state index >= 15 is 0 Å². The predicted molar refractivity (Wildman–Crippen MR) is 115 cm³/mol. The number of aryl methyl sites for hydroxylation is 1. The van der Waals surface area contributed by atoms with E-state index in [-0.39, 0.29) is 10.9 Å². The van der Waals surface area contributed by atoms with Gasteiger partial charge in [0.2, 0.25) is 0 Å². The van der Waals surface area contributed by atoms with Crippen molar-refractivity contribution in [2.75, 3.05) is 5.88 Å². The molecule has 0 nitrogen and oxygen atoms in total. The largest absolute Gasteiger partial charge is 0.673 e. The summed E-state index contributed by atoms with van der Waals surface area (Å²) >= 11 is 7.70. The first-order valence-corrected chi connectivity index (χ1v) is 11.6. The second-order valence-corrected chi connectivity index (χ2v) is 9.66. The standard InChI is InChI=1S/C21H18ClS2.BF4/c22-15-5-6-16-11-13-17(14-12-16)24-20-9-3-1-7-18(20)23-19-8-2-4-10-21(19)24;2-1(3,4)5/h1-4,7-14H,5-6,15H2;/q+1;-1. The maximum atomic E-state index is 9.75.